The van der Waals surface area contributed by atoms with Crippen molar-refractivity contribution in [3.8, 4) is 0 Å². The van der Waals surface area contributed by atoms with Crippen molar-refractivity contribution in [2.45, 2.75) is 42.1 Å². The summed E-state index contributed by atoms with van der Waals surface area (Å²) in [4.78, 5) is 11.4. The Bertz CT molecular complexity index is 899. The number of anilines is 1. The minimum absolute atomic E-state index is 0.0466. The zero-order valence-electron chi connectivity index (χ0n) is 13.5. The molecule has 0 atom stereocenters. The molecule has 26 heavy (non-hydrogen) atoms. The molecule has 1 aliphatic carbocycles. The molecule has 1 saturated carbocycles. The number of hydrogen-bond acceptors (Lipinski definition) is 4. The highest BCUT2D eigenvalue weighted by Crippen LogP contribution is 2.32. The van der Waals surface area contributed by atoms with Gasteiger partial charge in [0.1, 0.15) is 5.82 Å². The Morgan fingerprint density at radius 3 is 2.31 bits per heavy atom. The molecule has 0 spiro atoms. The van der Waals surface area contributed by atoms with E-state index in [4.69, 9.17) is 0 Å². The molecule has 3 rings (SSSR count). The second-order valence-electron chi connectivity index (χ2n) is 6.03. The molecule has 10 heteroatoms. The van der Waals surface area contributed by atoms with Crippen molar-refractivity contribution in [3.63, 3.8) is 0 Å². The molecule has 0 unspecified atom stereocenters. The molecule has 140 valence electrons. The molecule has 2 aromatic rings. The molecule has 1 aromatic heterocycles. The molecular formula is C16H16F3N3O3S. The summed E-state index contributed by atoms with van der Waals surface area (Å²) < 4.78 is 62.1. The van der Waals surface area contributed by atoms with Gasteiger partial charge in [0.25, 0.3) is 15.7 Å². The van der Waals surface area contributed by atoms with E-state index in [0.29, 0.717) is 5.82 Å². The van der Waals surface area contributed by atoms with Crippen molar-refractivity contribution in [1.82, 2.24) is 9.78 Å². The lowest BCUT2D eigenvalue weighted by Crippen LogP contribution is -2.23. The smallest absolute Gasteiger partial charge is 0.307 e. The fraction of sp³-hybridized carbons (Fsp3) is 0.375. The van der Waals surface area contributed by atoms with Crippen molar-refractivity contribution in [3.05, 3.63) is 42.1 Å². The van der Waals surface area contributed by atoms with E-state index in [9.17, 15) is 26.4 Å². The molecular weight excluding hydrogens is 371 g/mol. The molecule has 6 nitrogen and oxygen atoms in total. The third-order valence-electron chi connectivity index (χ3n) is 4.31. The lowest BCUT2D eigenvalue weighted by Gasteiger charge is -2.14. The normalized spacial score (nSPS) is 16.0. The molecule has 1 aliphatic rings. The van der Waals surface area contributed by atoms with Crippen LogP contribution in [-0.2, 0) is 9.84 Å². The number of nitrogens with one attached hydrogen (secondary N) is 1. The van der Waals surface area contributed by atoms with Crippen molar-refractivity contribution >= 4 is 21.6 Å². The summed E-state index contributed by atoms with van der Waals surface area (Å²) in [5.74, 6) is -0.0606. The van der Waals surface area contributed by atoms with E-state index in [2.05, 4.69) is 10.4 Å². The zero-order valence-corrected chi connectivity index (χ0v) is 14.3. The van der Waals surface area contributed by atoms with Crippen LogP contribution in [0.1, 0.15) is 42.1 Å². The highest BCUT2D eigenvalue weighted by molar-refractivity contribution is 7.92. The summed E-state index contributed by atoms with van der Waals surface area (Å²) in [7, 11) is -5.43. The summed E-state index contributed by atoms with van der Waals surface area (Å²) in [5, 5.41) is 6.88. The molecule has 1 heterocycles. The third-order valence-corrected chi connectivity index (χ3v) is 5.82. The molecule has 0 aliphatic heterocycles. The van der Waals surface area contributed by atoms with Gasteiger partial charge in [0.15, 0.2) is 0 Å². The monoisotopic (exact) mass is 387 g/mol. The lowest BCUT2D eigenvalue weighted by atomic mass is 10.2. The van der Waals surface area contributed by atoms with E-state index in [1.807, 2.05) is 0 Å². The van der Waals surface area contributed by atoms with Crippen LogP contribution in [0.15, 0.2) is 41.4 Å². The van der Waals surface area contributed by atoms with Crippen LogP contribution in [0.4, 0.5) is 19.0 Å². The molecule has 1 amide bonds. The molecule has 0 radical (unpaired) electrons. The average Bonchev–Trinajstić information content (AvgIpc) is 3.24. The first kappa shape index (κ1) is 18.4. The number of halogens is 3. The largest absolute Gasteiger partial charge is 0.501 e. The van der Waals surface area contributed by atoms with Crippen LogP contribution >= 0.6 is 0 Å². The Morgan fingerprint density at radius 1 is 1.12 bits per heavy atom. The van der Waals surface area contributed by atoms with Gasteiger partial charge in [-0.25, -0.2) is 13.1 Å². The van der Waals surface area contributed by atoms with E-state index in [0.717, 1.165) is 49.9 Å². The van der Waals surface area contributed by atoms with Crippen LogP contribution in [0.3, 0.4) is 0 Å². The predicted octanol–water partition coefficient (Wildman–Crippen LogP) is 3.54. The van der Waals surface area contributed by atoms with Gasteiger partial charge in [0, 0.05) is 11.6 Å². The quantitative estimate of drug-likeness (QED) is 0.870. The molecule has 1 fully saturated rings. The number of sulfone groups is 1. The van der Waals surface area contributed by atoms with E-state index < -0.39 is 26.1 Å². The Labute approximate surface area is 147 Å². The zero-order chi connectivity index (χ0) is 18.9. The van der Waals surface area contributed by atoms with Gasteiger partial charge in [0.05, 0.1) is 17.1 Å². The second kappa shape index (κ2) is 6.75. The van der Waals surface area contributed by atoms with Gasteiger partial charge < -0.3 is 5.32 Å². The van der Waals surface area contributed by atoms with E-state index in [-0.39, 0.29) is 11.6 Å². The van der Waals surface area contributed by atoms with Gasteiger partial charge in [-0.3, -0.25) is 4.79 Å². The number of alkyl halides is 3. The van der Waals surface area contributed by atoms with E-state index in [1.165, 1.54) is 0 Å². The van der Waals surface area contributed by atoms with Crippen LogP contribution in [0.2, 0.25) is 0 Å². The second-order valence-corrected chi connectivity index (χ2v) is 7.97. The Balaban J connectivity index is 1.77. The first-order valence-corrected chi connectivity index (χ1v) is 9.45. The van der Waals surface area contributed by atoms with Crippen molar-refractivity contribution in [1.29, 1.82) is 0 Å². The summed E-state index contributed by atoms with van der Waals surface area (Å²) in [5.41, 5.74) is -5.34. The maximum absolute atomic E-state index is 12.5. The SMILES string of the molecule is O=C(Nc1ccnn1C1CCCC1)c1ccc(S(=O)(=O)C(F)(F)F)cc1. The van der Waals surface area contributed by atoms with Crippen LogP contribution in [0, 0.1) is 0 Å². The highest BCUT2D eigenvalue weighted by atomic mass is 32.2. The Kier molecular flexibility index (Phi) is 4.78. The molecule has 0 bridgehead atoms. The van der Waals surface area contributed by atoms with Crippen LogP contribution in [0.5, 0.6) is 0 Å². The first-order valence-electron chi connectivity index (χ1n) is 7.96. The van der Waals surface area contributed by atoms with Crippen molar-refractivity contribution in [2.24, 2.45) is 0 Å². The van der Waals surface area contributed by atoms with Gasteiger partial charge in [-0.1, -0.05) is 12.8 Å². The van der Waals surface area contributed by atoms with Crippen LogP contribution in [0.25, 0.3) is 0 Å². The maximum atomic E-state index is 12.5. The fourth-order valence-electron chi connectivity index (χ4n) is 2.96. The molecule has 1 N–H and O–H groups in total. The molecule has 1 aromatic carbocycles. The third kappa shape index (κ3) is 3.46. The first-order chi connectivity index (χ1) is 12.2. The Hall–Kier alpha value is -2.36. The predicted molar refractivity (Wildman–Crippen MR) is 87.4 cm³/mol. The standard InChI is InChI=1S/C16H16F3N3O3S/c17-16(18,19)26(24,25)13-7-5-11(6-8-13)15(23)21-14-9-10-20-22(14)12-3-1-2-4-12/h5-10,12H,1-4H2,(H,21,23). The summed E-state index contributed by atoms with van der Waals surface area (Å²) >= 11 is 0. The average molecular weight is 387 g/mol. The van der Waals surface area contributed by atoms with Crippen LogP contribution in [-0.4, -0.2) is 29.6 Å². The number of rotatable bonds is 4. The van der Waals surface area contributed by atoms with Crippen LogP contribution < -0.4 is 5.32 Å². The maximum Gasteiger partial charge on any atom is 0.501 e. The summed E-state index contributed by atoms with van der Waals surface area (Å²) in [6.45, 7) is 0. The minimum Gasteiger partial charge on any atom is -0.307 e. The molecule has 0 saturated heterocycles. The number of benzene rings is 1. The van der Waals surface area contributed by atoms with E-state index in [1.54, 1.807) is 16.9 Å². The number of amides is 1. The lowest BCUT2D eigenvalue weighted by molar-refractivity contribution is -0.0436. The number of carbonyl (C=O) groups excluding carboxylic acids is 1. The summed E-state index contributed by atoms with van der Waals surface area (Å²) in [6, 6.07) is 5.48. The summed E-state index contributed by atoms with van der Waals surface area (Å²) in [6.07, 6.45) is 5.68. The van der Waals surface area contributed by atoms with Gasteiger partial charge in [0.2, 0.25) is 0 Å². The van der Waals surface area contributed by atoms with Crippen molar-refractivity contribution < 1.29 is 26.4 Å². The van der Waals surface area contributed by atoms with Gasteiger partial charge in [-0.2, -0.15) is 18.3 Å². The Morgan fingerprint density at radius 2 is 1.73 bits per heavy atom. The number of carbonyl (C=O) groups is 1. The fourth-order valence-corrected chi connectivity index (χ4v) is 3.72. The number of hydrogen-bond donors (Lipinski definition) is 1. The van der Waals surface area contributed by atoms with E-state index >= 15 is 0 Å². The highest BCUT2D eigenvalue weighted by Gasteiger charge is 2.46. The van der Waals surface area contributed by atoms with Gasteiger partial charge in [-0.05, 0) is 37.1 Å². The van der Waals surface area contributed by atoms with Gasteiger partial charge >= 0.3 is 5.51 Å². The number of aromatic nitrogens is 2. The minimum atomic E-state index is -5.43. The topological polar surface area (TPSA) is 81.1 Å². The number of nitrogens with zero attached hydrogens (tertiary/aromatic N) is 2. The van der Waals surface area contributed by atoms with Crippen molar-refractivity contribution in [2.75, 3.05) is 5.32 Å². The van der Waals surface area contributed by atoms with Gasteiger partial charge in [-0.15, -0.1) is 0 Å².